The number of halogens is 1. The van der Waals surface area contributed by atoms with E-state index in [4.69, 9.17) is 0 Å². The van der Waals surface area contributed by atoms with Crippen molar-refractivity contribution in [1.82, 2.24) is 0 Å². The van der Waals surface area contributed by atoms with Crippen molar-refractivity contribution in [2.75, 3.05) is 4.43 Å². The fourth-order valence-corrected chi connectivity index (χ4v) is 3.67. The molecule has 1 aromatic carbocycles. The lowest BCUT2D eigenvalue weighted by molar-refractivity contribution is 0.0187. The van der Waals surface area contributed by atoms with Gasteiger partial charge in [-0.25, -0.2) is 0 Å². The molecule has 0 saturated heterocycles. The summed E-state index contributed by atoms with van der Waals surface area (Å²) in [5.41, 5.74) is 2.56. The van der Waals surface area contributed by atoms with E-state index in [1.54, 1.807) is 0 Å². The molecule has 1 nitrogen and oxygen atoms in total. The van der Waals surface area contributed by atoms with Gasteiger partial charge in [-0.1, -0.05) is 53.8 Å². The van der Waals surface area contributed by atoms with Gasteiger partial charge in [-0.05, 0) is 35.8 Å². The third kappa shape index (κ3) is 2.07. The largest absolute Gasteiger partial charge is 0.388 e. The SMILES string of the molecule is C[C@]1(CCI)CCc2ccccc2[C@@H]1O. The summed E-state index contributed by atoms with van der Waals surface area (Å²) in [5, 5.41) is 10.4. The summed E-state index contributed by atoms with van der Waals surface area (Å²) in [5.74, 6) is 0. The second kappa shape index (κ2) is 4.42. The van der Waals surface area contributed by atoms with E-state index in [0.29, 0.717) is 0 Å². The van der Waals surface area contributed by atoms with Crippen molar-refractivity contribution >= 4 is 22.6 Å². The molecule has 0 radical (unpaired) electrons. The van der Waals surface area contributed by atoms with Crippen LogP contribution in [0.15, 0.2) is 24.3 Å². The molecule has 15 heavy (non-hydrogen) atoms. The minimum atomic E-state index is -0.280. The Morgan fingerprint density at radius 2 is 2.20 bits per heavy atom. The number of aliphatic hydroxyl groups excluding tert-OH is 1. The van der Waals surface area contributed by atoms with Gasteiger partial charge in [-0.15, -0.1) is 0 Å². The minimum absolute atomic E-state index is 0.0789. The van der Waals surface area contributed by atoms with E-state index in [9.17, 15) is 5.11 Å². The summed E-state index contributed by atoms with van der Waals surface area (Å²) >= 11 is 2.40. The highest BCUT2D eigenvalue weighted by Gasteiger charge is 2.37. The third-order valence-electron chi connectivity index (χ3n) is 3.64. The quantitative estimate of drug-likeness (QED) is 0.654. The van der Waals surface area contributed by atoms with Gasteiger partial charge in [0, 0.05) is 4.43 Å². The van der Waals surface area contributed by atoms with Crippen LogP contribution in [0, 0.1) is 5.41 Å². The first kappa shape index (κ1) is 11.4. The lowest BCUT2D eigenvalue weighted by Crippen LogP contribution is -2.31. The number of alkyl halides is 1. The van der Waals surface area contributed by atoms with Gasteiger partial charge in [0.15, 0.2) is 0 Å². The maximum Gasteiger partial charge on any atom is 0.0846 e. The minimum Gasteiger partial charge on any atom is -0.388 e. The van der Waals surface area contributed by atoms with Crippen LogP contribution < -0.4 is 0 Å². The number of rotatable bonds is 2. The van der Waals surface area contributed by atoms with E-state index in [1.165, 1.54) is 5.56 Å². The van der Waals surface area contributed by atoms with Crippen molar-refractivity contribution in [3.63, 3.8) is 0 Å². The Balaban J connectivity index is 2.33. The van der Waals surface area contributed by atoms with Crippen molar-refractivity contribution < 1.29 is 5.11 Å². The van der Waals surface area contributed by atoms with E-state index in [2.05, 4.69) is 47.7 Å². The van der Waals surface area contributed by atoms with Gasteiger partial charge < -0.3 is 5.11 Å². The lowest BCUT2D eigenvalue weighted by atomic mass is 9.69. The van der Waals surface area contributed by atoms with E-state index in [0.717, 1.165) is 29.3 Å². The molecular formula is C13H17IO. The highest BCUT2D eigenvalue weighted by molar-refractivity contribution is 14.1. The monoisotopic (exact) mass is 316 g/mol. The normalized spacial score (nSPS) is 29.9. The number of hydrogen-bond acceptors (Lipinski definition) is 1. The molecule has 2 heteroatoms. The molecule has 0 unspecified atom stereocenters. The van der Waals surface area contributed by atoms with E-state index < -0.39 is 0 Å². The third-order valence-corrected chi connectivity index (χ3v) is 4.18. The lowest BCUT2D eigenvalue weighted by Gasteiger charge is -2.39. The molecule has 82 valence electrons. The Bertz CT molecular complexity index is 350. The first-order chi connectivity index (χ1) is 7.17. The highest BCUT2D eigenvalue weighted by atomic mass is 127. The number of fused-ring (bicyclic) bond motifs is 1. The van der Waals surface area contributed by atoms with Gasteiger partial charge in [0.1, 0.15) is 0 Å². The van der Waals surface area contributed by atoms with Crippen molar-refractivity contribution in [2.45, 2.75) is 32.3 Å². The van der Waals surface area contributed by atoms with E-state index in [1.807, 2.05) is 6.07 Å². The zero-order valence-electron chi connectivity index (χ0n) is 9.04. The number of aliphatic hydroxyl groups is 1. The van der Waals surface area contributed by atoms with Crippen LogP contribution in [0.5, 0.6) is 0 Å². The predicted octanol–water partition coefficient (Wildman–Crippen LogP) is 3.50. The molecule has 0 spiro atoms. The molecular weight excluding hydrogens is 299 g/mol. The molecule has 0 fully saturated rings. The Labute approximate surface area is 105 Å². The molecule has 0 aromatic heterocycles. The zero-order chi connectivity index (χ0) is 10.9. The Morgan fingerprint density at radius 3 is 2.93 bits per heavy atom. The average molecular weight is 316 g/mol. The van der Waals surface area contributed by atoms with E-state index in [-0.39, 0.29) is 11.5 Å². The summed E-state index contributed by atoms with van der Waals surface area (Å²) < 4.78 is 1.12. The summed E-state index contributed by atoms with van der Waals surface area (Å²) in [4.78, 5) is 0. The van der Waals surface area contributed by atoms with Gasteiger partial charge in [-0.3, -0.25) is 0 Å². The second-order valence-corrected chi connectivity index (χ2v) is 5.77. The second-order valence-electron chi connectivity index (χ2n) is 4.69. The van der Waals surface area contributed by atoms with Crippen molar-refractivity contribution in [1.29, 1.82) is 0 Å². The predicted molar refractivity (Wildman–Crippen MR) is 71.3 cm³/mol. The number of hydrogen-bond donors (Lipinski definition) is 1. The standard InChI is InChI=1S/C13H17IO/c1-13(8-9-14)7-6-10-4-2-3-5-11(10)12(13)15/h2-5,12,15H,6-9H2,1H3/t12-,13+/m0/s1. The van der Waals surface area contributed by atoms with Crippen LogP contribution in [-0.4, -0.2) is 9.53 Å². The number of aryl methyl sites for hydroxylation is 1. The summed E-state index contributed by atoms with van der Waals surface area (Å²) in [7, 11) is 0. The summed E-state index contributed by atoms with van der Waals surface area (Å²) in [6.45, 7) is 2.21. The van der Waals surface area contributed by atoms with Crippen molar-refractivity contribution in [3.05, 3.63) is 35.4 Å². The van der Waals surface area contributed by atoms with Crippen molar-refractivity contribution in [3.8, 4) is 0 Å². The highest BCUT2D eigenvalue weighted by Crippen LogP contribution is 2.46. The molecule has 0 saturated carbocycles. The molecule has 1 aliphatic rings. The molecule has 2 atom stereocenters. The average Bonchev–Trinajstić information content (AvgIpc) is 2.25. The molecule has 0 bridgehead atoms. The van der Waals surface area contributed by atoms with Crippen LogP contribution in [-0.2, 0) is 6.42 Å². The first-order valence-electron chi connectivity index (χ1n) is 5.49. The van der Waals surface area contributed by atoms with Crippen molar-refractivity contribution in [2.24, 2.45) is 5.41 Å². The van der Waals surface area contributed by atoms with Gasteiger partial charge in [0.25, 0.3) is 0 Å². The van der Waals surface area contributed by atoms with Crippen LogP contribution in [0.1, 0.15) is 37.0 Å². The van der Waals surface area contributed by atoms with Crippen LogP contribution in [0.3, 0.4) is 0 Å². The topological polar surface area (TPSA) is 20.2 Å². The van der Waals surface area contributed by atoms with Gasteiger partial charge in [0.2, 0.25) is 0 Å². The first-order valence-corrected chi connectivity index (χ1v) is 7.02. The fraction of sp³-hybridized carbons (Fsp3) is 0.538. The molecule has 0 aliphatic heterocycles. The molecule has 1 N–H and O–H groups in total. The van der Waals surface area contributed by atoms with Gasteiger partial charge >= 0.3 is 0 Å². The van der Waals surface area contributed by atoms with Crippen LogP contribution in [0.2, 0.25) is 0 Å². The molecule has 2 rings (SSSR count). The van der Waals surface area contributed by atoms with Gasteiger partial charge in [0.05, 0.1) is 6.10 Å². The fourth-order valence-electron chi connectivity index (χ4n) is 2.44. The zero-order valence-corrected chi connectivity index (χ0v) is 11.2. The molecule has 1 aliphatic carbocycles. The Hall–Kier alpha value is -0.0900. The molecule has 1 aromatic rings. The Morgan fingerprint density at radius 1 is 1.47 bits per heavy atom. The Kier molecular flexibility index (Phi) is 3.36. The van der Waals surface area contributed by atoms with Crippen LogP contribution in [0.25, 0.3) is 0 Å². The van der Waals surface area contributed by atoms with E-state index >= 15 is 0 Å². The van der Waals surface area contributed by atoms with Crippen LogP contribution in [0.4, 0.5) is 0 Å². The maximum absolute atomic E-state index is 10.4. The maximum atomic E-state index is 10.4. The smallest absolute Gasteiger partial charge is 0.0846 e. The summed E-state index contributed by atoms with van der Waals surface area (Å²) in [6, 6.07) is 8.30. The molecule has 0 amide bonds. The molecule has 0 heterocycles. The number of benzene rings is 1. The van der Waals surface area contributed by atoms with Crippen LogP contribution >= 0.6 is 22.6 Å². The summed E-state index contributed by atoms with van der Waals surface area (Å²) in [6.07, 6.45) is 3.04. The van der Waals surface area contributed by atoms with Gasteiger partial charge in [-0.2, -0.15) is 0 Å².